The SMILES string of the molecule is CC=CCCCCCOc1cccc(NC)c1. The van der Waals surface area contributed by atoms with E-state index in [1.807, 2.05) is 31.3 Å². The highest BCUT2D eigenvalue weighted by molar-refractivity contribution is 5.47. The Morgan fingerprint density at radius 1 is 1.24 bits per heavy atom. The van der Waals surface area contributed by atoms with Crippen LogP contribution < -0.4 is 10.1 Å². The molecule has 0 spiro atoms. The molecule has 0 aliphatic carbocycles. The van der Waals surface area contributed by atoms with Crippen LogP contribution in [-0.2, 0) is 0 Å². The van der Waals surface area contributed by atoms with E-state index in [4.69, 9.17) is 4.74 Å². The van der Waals surface area contributed by atoms with Crippen molar-refractivity contribution in [2.45, 2.75) is 32.6 Å². The maximum atomic E-state index is 5.70. The summed E-state index contributed by atoms with van der Waals surface area (Å²) in [7, 11) is 1.92. The lowest BCUT2D eigenvalue weighted by Gasteiger charge is -2.07. The largest absolute Gasteiger partial charge is 0.494 e. The van der Waals surface area contributed by atoms with Crippen LogP contribution in [0.1, 0.15) is 32.6 Å². The van der Waals surface area contributed by atoms with Gasteiger partial charge in [0.15, 0.2) is 0 Å². The number of benzene rings is 1. The molecule has 0 saturated carbocycles. The maximum Gasteiger partial charge on any atom is 0.121 e. The minimum absolute atomic E-state index is 0.809. The molecule has 0 atom stereocenters. The molecule has 1 N–H and O–H groups in total. The Bertz CT molecular complexity index is 333. The van der Waals surface area contributed by atoms with Gasteiger partial charge in [0, 0.05) is 18.8 Å². The molecule has 0 fully saturated rings. The zero-order valence-electron chi connectivity index (χ0n) is 10.9. The predicted octanol–water partition coefficient (Wildman–Crippen LogP) is 4.24. The summed E-state index contributed by atoms with van der Waals surface area (Å²) in [6, 6.07) is 8.07. The topological polar surface area (TPSA) is 21.3 Å². The van der Waals surface area contributed by atoms with Crippen molar-refractivity contribution >= 4 is 5.69 Å². The first kappa shape index (κ1) is 13.6. The second-order valence-corrected chi connectivity index (χ2v) is 4.04. The van der Waals surface area contributed by atoms with Gasteiger partial charge in [-0.25, -0.2) is 0 Å². The molecule has 0 amide bonds. The van der Waals surface area contributed by atoms with Crippen molar-refractivity contribution in [2.24, 2.45) is 0 Å². The van der Waals surface area contributed by atoms with Crippen molar-refractivity contribution in [3.05, 3.63) is 36.4 Å². The molecule has 1 aromatic rings. The van der Waals surface area contributed by atoms with Crippen LogP contribution in [0.5, 0.6) is 5.75 Å². The molecule has 0 aliphatic rings. The number of anilines is 1. The first-order valence-electron chi connectivity index (χ1n) is 6.38. The predicted molar refractivity (Wildman–Crippen MR) is 74.8 cm³/mol. The lowest BCUT2D eigenvalue weighted by Crippen LogP contribution is -1.97. The van der Waals surface area contributed by atoms with E-state index in [0.717, 1.165) is 24.5 Å². The Hall–Kier alpha value is -1.44. The van der Waals surface area contributed by atoms with E-state index in [1.165, 1.54) is 19.3 Å². The van der Waals surface area contributed by atoms with Gasteiger partial charge in [-0.1, -0.05) is 18.2 Å². The summed E-state index contributed by atoms with van der Waals surface area (Å²) < 4.78 is 5.70. The second-order valence-electron chi connectivity index (χ2n) is 4.04. The average Bonchev–Trinajstić information content (AvgIpc) is 2.38. The molecular formula is C15H23NO. The fourth-order valence-electron chi connectivity index (χ4n) is 1.64. The molecule has 2 heteroatoms. The lowest BCUT2D eigenvalue weighted by atomic mass is 10.2. The summed E-state index contributed by atoms with van der Waals surface area (Å²) in [6.07, 6.45) is 9.13. The minimum Gasteiger partial charge on any atom is -0.494 e. The third-order valence-electron chi connectivity index (χ3n) is 2.64. The number of ether oxygens (including phenoxy) is 1. The van der Waals surface area contributed by atoms with E-state index < -0.39 is 0 Å². The minimum atomic E-state index is 0.809. The van der Waals surface area contributed by atoms with E-state index in [0.29, 0.717) is 0 Å². The van der Waals surface area contributed by atoms with Gasteiger partial charge in [0.25, 0.3) is 0 Å². The van der Waals surface area contributed by atoms with Crippen LogP contribution in [0.2, 0.25) is 0 Å². The fraction of sp³-hybridized carbons (Fsp3) is 0.467. The molecule has 0 radical (unpaired) electrons. The fourth-order valence-corrected chi connectivity index (χ4v) is 1.64. The molecule has 2 nitrogen and oxygen atoms in total. The van der Waals surface area contributed by atoms with E-state index in [1.54, 1.807) is 0 Å². The molecular weight excluding hydrogens is 210 g/mol. The molecule has 0 heterocycles. The third-order valence-corrected chi connectivity index (χ3v) is 2.64. The van der Waals surface area contributed by atoms with Crippen LogP contribution in [0.25, 0.3) is 0 Å². The standard InChI is InChI=1S/C15H23NO/c1-3-4-5-6-7-8-12-17-15-11-9-10-14(13-15)16-2/h3-4,9-11,13,16H,5-8,12H2,1-2H3. The van der Waals surface area contributed by atoms with Crippen molar-refractivity contribution < 1.29 is 4.74 Å². The summed E-state index contributed by atoms with van der Waals surface area (Å²) in [6.45, 7) is 2.88. The highest BCUT2D eigenvalue weighted by atomic mass is 16.5. The van der Waals surface area contributed by atoms with Crippen LogP contribution in [0.15, 0.2) is 36.4 Å². The van der Waals surface area contributed by atoms with E-state index >= 15 is 0 Å². The Morgan fingerprint density at radius 3 is 2.88 bits per heavy atom. The number of allylic oxidation sites excluding steroid dienone is 2. The first-order valence-corrected chi connectivity index (χ1v) is 6.38. The van der Waals surface area contributed by atoms with Crippen molar-refractivity contribution in [3.63, 3.8) is 0 Å². The van der Waals surface area contributed by atoms with Gasteiger partial charge in [0.2, 0.25) is 0 Å². The van der Waals surface area contributed by atoms with Crippen LogP contribution in [-0.4, -0.2) is 13.7 Å². The molecule has 0 bridgehead atoms. The molecule has 1 rings (SSSR count). The number of unbranched alkanes of at least 4 members (excludes halogenated alkanes) is 3. The molecule has 1 aromatic carbocycles. The Kier molecular flexibility index (Phi) is 6.96. The first-order chi connectivity index (χ1) is 8.36. The highest BCUT2D eigenvalue weighted by Crippen LogP contribution is 2.17. The van der Waals surface area contributed by atoms with Gasteiger partial charge in [-0.3, -0.25) is 0 Å². The van der Waals surface area contributed by atoms with Crippen LogP contribution in [0.4, 0.5) is 5.69 Å². The van der Waals surface area contributed by atoms with Gasteiger partial charge >= 0.3 is 0 Å². The lowest BCUT2D eigenvalue weighted by molar-refractivity contribution is 0.305. The average molecular weight is 233 g/mol. The Balaban J connectivity index is 2.13. The summed E-state index contributed by atoms with van der Waals surface area (Å²) in [5, 5.41) is 3.10. The molecule has 94 valence electrons. The molecule has 0 aromatic heterocycles. The monoisotopic (exact) mass is 233 g/mol. The summed E-state index contributed by atoms with van der Waals surface area (Å²) >= 11 is 0. The van der Waals surface area contributed by atoms with Crippen molar-refractivity contribution in [1.82, 2.24) is 0 Å². The molecule has 0 aliphatic heterocycles. The van der Waals surface area contributed by atoms with Crippen LogP contribution >= 0.6 is 0 Å². The van der Waals surface area contributed by atoms with Crippen molar-refractivity contribution in [1.29, 1.82) is 0 Å². The second kappa shape index (κ2) is 8.68. The van der Waals surface area contributed by atoms with E-state index in [9.17, 15) is 0 Å². The molecule has 0 unspecified atom stereocenters. The van der Waals surface area contributed by atoms with Crippen molar-refractivity contribution in [2.75, 3.05) is 19.0 Å². The number of hydrogen-bond acceptors (Lipinski definition) is 2. The quantitative estimate of drug-likeness (QED) is 0.535. The highest BCUT2D eigenvalue weighted by Gasteiger charge is 1.95. The summed E-state index contributed by atoms with van der Waals surface area (Å²) in [5.74, 6) is 0.949. The zero-order chi connectivity index (χ0) is 12.3. The van der Waals surface area contributed by atoms with Gasteiger partial charge in [0.05, 0.1) is 6.61 Å². The normalized spacial score (nSPS) is 10.7. The number of nitrogens with one attached hydrogen (secondary N) is 1. The Labute approximate surface area is 105 Å². The third kappa shape index (κ3) is 6.00. The van der Waals surface area contributed by atoms with Crippen LogP contribution in [0, 0.1) is 0 Å². The molecule has 0 saturated heterocycles. The van der Waals surface area contributed by atoms with Gasteiger partial charge < -0.3 is 10.1 Å². The van der Waals surface area contributed by atoms with Crippen LogP contribution in [0.3, 0.4) is 0 Å². The van der Waals surface area contributed by atoms with Crippen molar-refractivity contribution in [3.8, 4) is 5.75 Å². The zero-order valence-corrected chi connectivity index (χ0v) is 10.9. The van der Waals surface area contributed by atoms with Gasteiger partial charge in [-0.15, -0.1) is 0 Å². The van der Waals surface area contributed by atoms with Gasteiger partial charge in [-0.05, 0) is 44.7 Å². The maximum absolute atomic E-state index is 5.70. The molecule has 17 heavy (non-hydrogen) atoms. The van der Waals surface area contributed by atoms with Gasteiger partial charge in [0.1, 0.15) is 5.75 Å². The summed E-state index contributed by atoms with van der Waals surface area (Å²) in [4.78, 5) is 0. The smallest absolute Gasteiger partial charge is 0.121 e. The van der Waals surface area contributed by atoms with E-state index in [-0.39, 0.29) is 0 Å². The summed E-state index contributed by atoms with van der Waals surface area (Å²) in [5.41, 5.74) is 1.09. The Morgan fingerprint density at radius 2 is 2.12 bits per heavy atom. The number of rotatable bonds is 8. The van der Waals surface area contributed by atoms with Gasteiger partial charge in [-0.2, -0.15) is 0 Å². The van der Waals surface area contributed by atoms with E-state index in [2.05, 4.69) is 24.4 Å². The number of hydrogen-bond donors (Lipinski definition) is 1.